The number of phenolic OH excluding ortho intramolecular Hbond substituents is 1. The largest absolute Gasteiger partial charge is 0.506 e. The van der Waals surface area contributed by atoms with Gasteiger partial charge in [-0.25, -0.2) is 9.79 Å². The molecule has 1 heterocycles. The zero-order chi connectivity index (χ0) is 22.5. The summed E-state index contributed by atoms with van der Waals surface area (Å²) in [7, 11) is -1.29. The van der Waals surface area contributed by atoms with Crippen molar-refractivity contribution in [2.24, 2.45) is 16.5 Å². The molecule has 2 aromatic carbocycles. The maximum absolute atomic E-state index is 12.9. The average molecular weight is 544 g/mol. The number of carbonyl (C=O) groups excluding carboxylic acids is 1. The summed E-state index contributed by atoms with van der Waals surface area (Å²) < 4.78 is 18.5. The van der Waals surface area contributed by atoms with E-state index in [0.29, 0.717) is 32.4 Å². The van der Waals surface area contributed by atoms with Crippen molar-refractivity contribution >= 4 is 62.0 Å². The van der Waals surface area contributed by atoms with Gasteiger partial charge in [0.2, 0.25) is 0 Å². The van der Waals surface area contributed by atoms with Crippen LogP contribution in [-0.2, 0) is 33.6 Å². The Morgan fingerprint density at radius 3 is 2.56 bits per heavy atom. The van der Waals surface area contributed by atoms with Gasteiger partial charge in [-0.3, -0.25) is 4.21 Å². The van der Waals surface area contributed by atoms with Gasteiger partial charge in [0.15, 0.2) is 5.96 Å². The third-order valence-electron chi connectivity index (χ3n) is 4.57. The van der Waals surface area contributed by atoms with Gasteiger partial charge in [-0.2, -0.15) is 0 Å². The Kier molecular flexibility index (Phi) is 9.11. The molecular formula is C21H24BrClN4O4S. The summed E-state index contributed by atoms with van der Waals surface area (Å²) in [6.45, 7) is 1.83. The third kappa shape index (κ3) is 5.81. The van der Waals surface area contributed by atoms with Gasteiger partial charge in [0.1, 0.15) is 5.75 Å². The van der Waals surface area contributed by atoms with Crippen molar-refractivity contribution in [3.63, 3.8) is 0 Å². The quantitative estimate of drug-likeness (QED) is 0.195. The topological polar surface area (TPSA) is 144 Å². The molecule has 11 heteroatoms. The van der Waals surface area contributed by atoms with Crippen LogP contribution in [0.2, 0.25) is 0 Å². The number of nitrogens with zero attached hydrogens (tertiary/aromatic N) is 1. The fraction of sp³-hybridized carbons (Fsp3) is 0.238. The number of carbonyl (C=O) groups is 1. The highest BCUT2D eigenvalue weighted by Gasteiger charge is 2.26. The van der Waals surface area contributed by atoms with E-state index in [9.17, 15) is 14.1 Å². The summed E-state index contributed by atoms with van der Waals surface area (Å²) >= 11 is 3.31. The van der Waals surface area contributed by atoms with Crippen LogP contribution in [0.25, 0.3) is 10.9 Å². The Labute approximate surface area is 202 Å². The van der Waals surface area contributed by atoms with Gasteiger partial charge >= 0.3 is 5.97 Å². The van der Waals surface area contributed by atoms with Gasteiger partial charge < -0.3 is 26.3 Å². The number of guanidine groups is 1. The number of aliphatic imine (C=N–C) groups is 1. The number of phenols is 1. The molecule has 0 aliphatic rings. The van der Waals surface area contributed by atoms with E-state index in [-0.39, 0.29) is 48.6 Å². The molecule has 8 nitrogen and oxygen atoms in total. The van der Waals surface area contributed by atoms with Crippen LogP contribution in [0, 0.1) is 0 Å². The van der Waals surface area contributed by atoms with E-state index >= 15 is 0 Å². The van der Waals surface area contributed by atoms with Crippen LogP contribution in [-0.4, -0.2) is 32.8 Å². The number of ether oxygens (including phenoxy) is 1. The molecule has 0 radical (unpaired) electrons. The molecule has 0 saturated heterocycles. The maximum Gasteiger partial charge on any atom is 0.340 e. The number of H-pyrrole nitrogens is 1. The van der Waals surface area contributed by atoms with E-state index in [1.165, 1.54) is 0 Å². The van der Waals surface area contributed by atoms with Crippen molar-refractivity contribution in [1.29, 1.82) is 0 Å². The summed E-state index contributed by atoms with van der Waals surface area (Å²) in [5, 5.41) is 11.0. The molecular weight excluding hydrogens is 520 g/mol. The van der Waals surface area contributed by atoms with Gasteiger partial charge in [-0.1, -0.05) is 30.3 Å². The van der Waals surface area contributed by atoms with E-state index in [0.717, 1.165) is 5.56 Å². The molecule has 3 rings (SSSR count). The molecule has 0 spiro atoms. The van der Waals surface area contributed by atoms with E-state index in [1.807, 2.05) is 30.3 Å². The number of aromatic hydroxyl groups is 1. The highest BCUT2D eigenvalue weighted by Crippen LogP contribution is 2.38. The van der Waals surface area contributed by atoms with Crippen molar-refractivity contribution < 1.29 is 18.8 Å². The van der Waals surface area contributed by atoms with E-state index < -0.39 is 16.8 Å². The molecule has 0 saturated carbocycles. The molecule has 0 fully saturated rings. The number of nitrogens with two attached hydrogens (primary N) is 2. The highest BCUT2D eigenvalue weighted by molar-refractivity contribution is 9.10. The minimum Gasteiger partial charge on any atom is -0.506 e. The van der Waals surface area contributed by atoms with E-state index in [2.05, 4.69) is 25.9 Å². The summed E-state index contributed by atoms with van der Waals surface area (Å²) in [4.78, 5) is 20.0. The molecule has 0 amide bonds. The van der Waals surface area contributed by atoms with Crippen LogP contribution in [0.5, 0.6) is 5.75 Å². The minimum absolute atomic E-state index is 0. The van der Waals surface area contributed by atoms with Crippen molar-refractivity contribution in [1.82, 2.24) is 4.98 Å². The molecule has 32 heavy (non-hydrogen) atoms. The normalized spacial score (nSPS) is 11.6. The van der Waals surface area contributed by atoms with Crippen LogP contribution < -0.4 is 11.5 Å². The number of benzene rings is 2. The zero-order valence-electron chi connectivity index (χ0n) is 17.3. The predicted octanol–water partition coefficient (Wildman–Crippen LogP) is 3.46. The molecule has 3 aromatic rings. The lowest BCUT2D eigenvalue weighted by Gasteiger charge is -2.09. The Hall–Kier alpha value is -2.56. The molecule has 0 bridgehead atoms. The summed E-state index contributed by atoms with van der Waals surface area (Å²) in [5.41, 5.74) is 13.5. The van der Waals surface area contributed by atoms with Crippen molar-refractivity contribution in [2.75, 3.05) is 6.61 Å². The third-order valence-corrected chi connectivity index (χ3v) is 6.44. The number of aromatic nitrogens is 1. The second-order valence-corrected chi connectivity index (χ2v) is 9.07. The lowest BCUT2D eigenvalue weighted by atomic mass is 10.0. The van der Waals surface area contributed by atoms with Crippen molar-refractivity contribution in [2.45, 2.75) is 25.0 Å². The van der Waals surface area contributed by atoms with E-state index in [4.69, 9.17) is 16.2 Å². The fourth-order valence-corrected chi connectivity index (χ4v) is 4.96. The Morgan fingerprint density at radius 2 is 1.94 bits per heavy atom. The van der Waals surface area contributed by atoms with Crippen LogP contribution in [0.4, 0.5) is 0 Å². The van der Waals surface area contributed by atoms with Gasteiger partial charge in [-0.05, 0) is 34.5 Å². The molecule has 1 atom stereocenters. The van der Waals surface area contributed by atoms with Crippen molar-refractivity contribution in [3.05, 3.63) is 63.3 Å². The predicted molar refractivity (Wildman–Crippen MR) is 132 cm³/mol. The SMILES string of the molecule is CCOC(=O)c1c(CS(=O)Cc2ccccc2)[nH]c2cc(Br)c(O)c(CN=C(N)N)c12.Cl. The van der Waals surface area contributed by atoms with Gasteiger partial charge in [0.25, 0.3) is 0 Å². The number of halogens is 2. The number of nitrogens with one attached hydrogen (secondary N) is 1. The number of rotatable bonds is 8. The smallest absolute Gasteiger partial charge is 0.340 e. The molecule has 0 aliphatic heterocycles. The number of hydrogen-bond acceptors (Lipinski definition) is 5. The highest BCUT2D eigenvalue weighted by atomic mass is 79.9. The van der Waals surface area contributed by atoms with Crippen LogP contribution in [0.3, 0.4) is 0 Å². The minimum atomic E-state index is -1.29. The Balaban J connectivity index is 0.00000363. The zero-order valence-corrected chi connectivity index (χ0v) is 20.5. The molecule has 0 aliphatic carbocycles. The first kappa shape index (κ1) is 25.7. The Morgan fingerprint density at radius 1 is 1.25 bits per heavy atom. The number of hydrogen-bond donors (Lipinski definition) is 4. The molecule has 6 N–H and O–H groups in total. The van der Waals surface area contributed by atoms with Gasteiger partial charge in [-0.15, -0.1) is 12.4 Å². The number of esters is 1. The summed E-state index contributed by atoms with van der Waals surface area (Å²) in [6, 6.07) is 11.1. The fourth-order valence-electron chi connectivity index (χ4n) is 3.29. The van der Waals surface area contributed by atoms with Crippen LogP contribution >= 0.6 is 28.3 Å². The second kappa shape index (κ2) is 11.3. The molecule has 1 unspecified atom stereocenters. The standard InChI is InChI=1S/C21H23BrN4O4S.ClH/c1-2-30-20(28)18-16(11-31(29)10-12-6-4-3-5-7-12)26-15-8-14(22)19(27)13(17(15)18)9-25-21(23)24;/h3-8,26-27H,2,9-11H2,1H3,(H4,23,24,25);1H. The van der Waals surface area contributed by atoms with Gasteiger partial charge in [0.05, 0.1) is 28.9 Å². The molecule has 1 aromatic heterocycles. The first-order valence-electron chi connectivity index (χ1n) is 9.48. The Bertz CT molecular complexity index is 1160. The number of fused-ring (bicyclic) bond motifs is 1. The number of aromatic amines is 1. The van der Waals surface area contributed by atoms with Gasteiger partial charge in [0, 0.05) is 38.7 Å². The van der Waals surface area contributed by atoms with Crippen molar-refractivity contribution in [3.8, 4) is 5.75 Å². The molecule has 172 valence electrons. The maximum atomic E-state index is 12.9. The lowest BCUT2D eigenvalue weighted by Crippen LogP contribution is -2.22. The van der Waals surface area contributed by atoms with Crippen LogP contribution in [0.1, 0.15) is 34.1 Å². The average Bonchev–Trinajstić information content (AvgIpc) is 3.06. The lowest BCUT2D eigenvalue weighted by molar-refractivity contribution is 0.0527. The van der Waals surface area contributed by atoms with Crippen LogP contribution in [0.15, 0.2) is 45.9 Å². The first-order valence-corrected chi connectivity index (χ1v) is 11.8. The monoisotopic (exact) mass is 542 g/mol. The first-order chi connectivity index (χ1) is 14.8. The van der Waals surface area contributed by atoms with E-state index in [1.54, 1.807) is 13.0 Å². The summed E-state index contributed by atoms with van der Waals surface area (Å²) in [6.07, 6.45) is 0. The second-order valence-electron chi connectivity index (χ2n) is 6.76. The summed E-state index contributed by atoms with van der Waals surface area (Å²) in [5.74, 6) is -0.358.